The number of amides is 1. The van der Waals surface area contributed by atoms with Crippen LogP contribution in [0.1, 0.15) is 46.1 Å². The van der Waals surface area contributed by atoms with Crippen LogP contribution in [-0.2, 0) is 6.54 Å². The number of fused-ring (bicyclic) bond motifs is 1. The van der Waals surface area contributed by atoms with Crippen molar-refractivity contribution >= 4 is 17.2 Å². The molecule has 0 fully saturated rings. The highest BCUT2D eigenvalue weighted by Gasteiger charge is 2.23. The molecule has 0 radical (unpaired) electrons. The van der Waals surface area contributed by atoms with Gasteiger partial charge in [-0.15, -0.1) is 0 Å². The minimum Gasteiger partial charge on any atom is -0.349 e. The molecule has 0 atom stereocenters. The predicted molar refractivity (Wildman–Crippen MR) is 93.6 cm³/mol. The molecule has 30 heavy (non-hydrogen) atoms. The van der Waals surface area contributed by atoms with Crippen LogP contribution in [0.4, 0.5) is 23.2 Å². The van der Waals surface area contributed by atoms with Crippen LogP contribution in [-0.4, -0.2) is 41.8 Å². The maximum atomic E-state index is 13.2. The van der Waals surface area contributed by atoms with E-state index in [1.165, 1.54) is 18.5 Å². The number of aromatic nitrogens is 5. The number of hydrogen-bond donors (Lipinski definition) is 1. The molecule has 0 spiro atoms. The molecule has 3 heterocycles. The minimum absolute atomic E-state index is 0.00321. The molecular weight excluding hydrogens is 414 g/mol. The number of alkyl halides is 4. The van der Waals surface area contributed by atoms with Crippen LogP contribution < -0.4 is 5.32 Å². The lowest BCUT2D eigenvalue weighted by atomic mass is 10.3. The molecule has 3 aromatic heterocycles. The summed E-state index contributed by atoms with van der Waals surface area (Å²) < 4.78 is 54.1. The highest BCUT2D eigenvalue weighted by atomic mass is 19.3. The second-order valence-corrected chi connectivity index (χ2v) is 6.26. The zero-order chi connectivity index (χ0) is 22.2. The zero-order valence-electron chi connectivity index (χ0n) is 15.6. The van der Waals surface area contributed by atoms with E-state index < -0.39 is 35.1 Å². The second kappa shape index (κ2) is 8.04. The van der Waals surface area contributed by atoms with Crippen molar-refractivity contribution in [3.8, 4) is 0 Å². The van der Waals surface area contributed by atoms with Gasteiger partial charge >= 0.3 is 5.69 Å². The number of halogens is 4. The average Bonchev–Trinajstić information content (AvgIpc) is 3.21. The third kappa shape index (κ3) is 3.92. The van der Waals surface area contributed by atoms with Gasteiger partial charge in [0.25, 0.3) is 18.8 Å². The molecule has 10 nitrogen and oxygen atoms in total. The number of aryl methyl sites for hydroxylation is 1. The van der Waals surface area contributed by atoms with Gasteiger partial charge in [0.2, 0.25) is 0 Å². The summed E-state index contributed by atoms with van der Waals surface area (Å²) in [6.07, 6.45) is -6.17. The Bertz CT molecular complexity index is 1130. The Labute approximate surface area is 165 Å². The van der Waals surface area contributed by atoms with Crippen LogP contribution in [0.3, 0.4) is 0 Å². The van der Waals surface area contributed by atoms with Crippen molar-refractivity contribution in [1.82, 2.24) is 29.7 Å². The van der Waals surface area contributed by atoms with Crippen molar-refractivity contribution in [2.24, 2.45) is 0 Å². The first-order chi connectivity index (χ1) is 14.1. The summed E-state index contributed by atoms with van der Waals surface area (Å²) in [6, 6.07) is 1.55. The Hall–Kier alpha value is -3.58. The maximum Gasteiger partial charge on any atom is 0.312 e. The Balaban J connectivity index is 1.77. The van der Waals surface area contributed by atoms with Crippen LogP contribution in [0.25, 0.3) is 5.65 Å². The second-order valence-electron chi connectivity index (χ2n) is 6.26. The van der Waals surface area contributed by atoms with Gasteiger partial charge in [0.15, 0.2) is 11.3 Å². The predicted octanol–water partition coefficient (Wildman–Crippen LogP) is 2.76. The van der Waals surface area contributed by atoms with Crippen molar-refractivity contribution in [3.63, 3.8) is 0 Å². The number of hydrogen-bond acceptors (Lipinski definition) is 6. The van der Waals surface area contributed by atoms with E-state index in [1.54, 1.807) is 0 Å². The number of nitrogens with one attached hydrogen (secondary N) is 1. The van der Waals surface area contributed by atoms with Gasteiger partial charge < -0.3 is 5.32 Å². The topological polar surface area (TPSA) is 120 Å². The molecule has 160 valence electrons. The van der Waals surface area contributed by atoms with Gasteiger partial charge in [0.05, 0.1) is 11.5 Å². The molecule has 0 aliphatic heterocycles. The van der Waals surface area contributed by atoms with Gasteiger partial charge in [-0.3, -0.25) is 19.6 Å². The largest absolute Gasteiger partial charge is 0.349 e. The lowest BCUT2D eigenvalue weighted by Crippen LogP contribution is -2.28. The van der Waals surface area contributed by atoms with Gasteiger partial charge in [-0.25, -0.2) is 27.1 Å². The molecule has 1 N–H and O–H groups in total. The van der Waals surface area contributed by atoms with E-state index in [-0.39, 0.29) is 35.8 Å². The van der Waals surface area contributed by atoms with Gasteiger partial charge in [-0.1, -0.05) is 0 Å². The van der Waals surface area contributed by atoms with Crippen LogP contribution in [0.2, 0.25) is 0 Å². The standard InChI is InChI=1S/C16H15F4N7O3/c1-7-13(27(29)30)8(2)25(23-7)4-3-21-16(28)10-6-12-22-9(14(17)18)5-11(15(19)20)26(12)24-10/h5-6,14-15H,3-4H2,1-2H3,(H,21,28). The third-order valence-corrected chi connectivity index (χ3v) is 4.29. The molecule has 3 rings (SSSR count). The normalized spacial score (nSPS) is 11.6. The van der Waals surface area contributed by atoms with Crippen LogP contribution >= 0.6 is 0 Å². The molecule has 3 aromatic rings. The van der Waals surface area contributed by atoms with Crippen molar-refractivity contribution in [3.05, 3.63) is 50.7 Å². The lowest BCUT2D eigenvalue weighted by Gasteiger charge is -2.06. The van der Waals surface area contributed by atoms with Crippen molar-refractivity contribution in [2.45, 2.75) is 33.2 Å². The van der Waals surface area contributed by atoms with E-state index in [0.717, 1.165) is 6.07 Å². The smallest absolute Gasteiger partial charge is 0.312 e. The number of rotatable bonds is 7. The zero-order valence-corrected chi connectivity index (χ0v) is 15.6. The van der Waals surface area contributed by atoms with Crippen LogP contribution in [0.15, 0.2) is 12.1 Å². The highest BCUT2D eigenvalue weighted by Crippen LogP contribution is 2.25. The lowest BCUT2D eigenvalue weighted by molar-refractivity contribution is -0.386. The first kappa shape index (κ1) is 21.1. The third-order valence-electron chi connectivity index (χ3n) is 4.29. The first-order valence-corrected chi connectivity index (χ1v) is 8.53. The molecule has 14 heteroatoms. The molecule has 0 aliphatic rings. The Kier molecular flexibility index (Phi) is 5.67. The molecule has 0 aromatic carbocycles. The quantitative estimate of drug-likeness (QED) is 0.350. The summed E-state index contributed by atoms with van der Waals surface area (Å²) in [7, 11) is 0. The van der Waals surface area contributed by atoms with Gasteiger partial charge in [0.1, 0.15) is 22.8 Å². The fraction of sp³-hybridized carbons (Fsp3) is 0.375. The maximum absolute atomic E-state index is 13.2. The van der Waals surface area contributed by atoms with Crippen molar-refractivity contribution < 1.29 is 27.3 Å². The van der Waals surface area contributed by atoms with E-state index in [9.17, 15) is 32.5 Å². The molecular formula is C16H15F4N7O3. The molecule has 0 saturated carbocycles. The molecule has 0 aliphatic carbocycles. The van der Waals surface area contributed by atoms with E-state index in [0.29, 0.717) is 16.3 Å². The summed E-state index contributed by atoms with van der Waals surface area (Å²) in [5.74, 6) is -0.754. The first-order valence-electron chi connectivity index (χ1n) is 8.53. The highest BCUT2D eigenvalue weighted by molar-refractivity contribution is 5.93. The summed E-state index contributed by atoms with van der Waals surface area (Å²) in [5, 5.41) is 21.2. The number of nitro groups is 1. The Morgan fingerprint density at radius 2 is 1.90 bits per heavy atom. The molecule has 0 bridgehead atoms. The van der Waals surface area contributed by atoms with E-state index in [1.807, 2.05) is 0 Å². The van der Waals surface area contributed by atoms with E-state index >= 15 is 0 Å². The van der Waals surface area contributed by atoms with Crippen molar-refractivity contribution in [2.75, 3.05) is 6.54 Å². The van der Waals surface area contributed by atoms with E-state index in [2.05, 4.69) is 20.5 Å². The van der Waals surface area contributed by atoms with Gasteiger partial charge in [0, 0.05) is 12.6 Å². The van der Waals surface area contributed by atoms with Crippen molar-refractivity contribution in [1.29, 1.82) is 0 Å². The van der Waals surface area contributed by atoms with Gasteiger partial charge in [-0.2, -0.15) is 10.2 Å². The molecule has 0 saturated heterocycles. The minimum atomic E-state index is -3.11. The van der Waals surface area contributed by atoms with Gasteiger partial charge in [-0.05, 0) is 19.9 Å². The number of carbonyl (C=O) groups is 1. The molecule has 1 amide bonds. The van der Waals surface area contributed by atoms with Crippen LogP contribution in [0.5, 0.6) is 0 Å². The molecule has 0 unspecified atom stereocenters. The summed E-state index contributed by atoms with van der Waals surface area (Å²) in [6.45, 7) is 3.11. The fourth-order valence-electron chi connectivity index (χ4n) is 2.93. The van der Waals surface area contributed by atoms with Crippen LogP contribution in [0, 0.1) is 24.0 Å². The summed E-state index contributed by atoms with van der Waals surface area (Å²) in [5.41, 5.74) is -1.87. The monoisotopic (exact) mass is 429 g/mol. The fourth-order valence-corrected chi connectivity index (χ4v) is 2.93. The Morgan fingerprint density at radius 1 is 1.20 bits per heavy atom. The SMILES string of the molecule is Cc1nn(CCNC(=O)c2cc3nc(C(F)F)cc(C(F)F)n3n2)c(C)c1[N+](=O)[O-]. The Morgan fingerprint density at radius 3 is 2.47 bits per heavy atom. The van der Waals surface area contributed by atoms with E-state index in [4.69, 9.17) is 0 Å². The average molecular weight is 429 g/mol. The number of nitrogens with zero attached hydrogens (tertiary/aromatic N) is 6. The summed E-state index contributed by atoms with van der Waals surface area (Å²) in [4.78, 5) is 26.3. The number of carbonyl (C=O) groups excluding carboxylic acids is 1. The summed E-state index contributed by atoms with van der Waals surface area (Å²) >= 11 is 0.